The molecule has 250 valence electrons. The maximum Gasteiger partial charge on any atom is 0.264 e. The van der Waals surface area contributed by atoms with Crippen LogP contribution in [0.2, 0.25) is 0 Å². The molecule has 8 rings (SSSR count). The van der Waals surface area contributed by atoms with E-state index in [1.54, 1.807) is 32.9 Å². The van der Waals surface area contributed by atoms with Crippen molar-refractivity contribution < 1.29 is 22.4 Å². The van der Waals surface area contributed by atoms with Crippen LogP contribution in [-0.2, 0) is 21.4 Å². The Hall–Kier alpha value is -3.24. The van der Waals surface area contributed by atoms with Crippen LogP contribution in [0.4, 0.5) is 4.39 Å². The number of likely N-dealkylation sites (tertiary alicyclic amines) is 1. The van der Waals surface area contributed by atoms with Gasteiger partial charge in [0.25, 0.3) is 5.91 Å². The molecule has 2 aliphatic carbocycles. The molecule has 8 nitrogen and oxygen atoms in total. The fourth-order valence-corrected chi connectivity index (χ4v) is 9.99. The summed E-state index contributed by atoms with van der Waals surface area (Å²) in [4.78, 5) is 32.9. The minimum Gasteiger partial charge on any atom is -0.339 e. The Bertz CT molecular complexity index is 1910. The fraction of sp³-hybridized carbons (Fsp3) is 0.568. The zero-order valence-corrected chi connectivity index (χ0v) is 28.6. The number of halogens is 1. The van der Waals surface area contributed by atoms with Crippen molar-refractivity contribution in [2.75, 3.05) is 20.1 Å². The number of rotatable bonds is 4. The van der Waals surface area contributed by atoms with Crippen LogP contribution in [0.5, 0.6) is 0 Å². The van der Waals surface area contributed by atoms with E-state index in [0.29, 0.717) is 18.9 Å². The number of benzene rings is 2. The highest BCUT2D eigenvalue weighted by Crippen LogP contribution is 2.66. The molecule has 4 heterocycles. The van der Waals surface area contributed by atoms with Gasteiger partial charge in [-0.3, -0.25) is 9.59 Å². The third-order valence-electron chi connectivity index (χ3n) is 11.9. The van der Waals surface area contributed by atoms with Gasteiger partial charge in [-0.2, -0.15) is 0 Å². The average molecular weight is 661 g/mol. The maximum atomic E-state index is 15.1. The van der Waals surface area contributed by atoms with Crippen LogP contribution in [0.3, 0.4) is 0 Å². The van der Waals surface area contributed by atoms with Crippen LogP contribution in [0.15, 0.2) is 36.4 Å². The van der Waals surface area contributed by atoms with Gasteiger partial charge in [-0.25, -0.2) is 17.5 Å². The number of amides is 2. The second-order valence-corrected chi connectivity index (χ2v) is 18.4. The smallest absolute Gasteiger partial charge is 0.264 e. The highest BCUT2D eigenvalue weighted by Gasteiger charge is 2.65. The molecule has 47 heavy (non-hydrogen) atoms. The minimum atomic E-state index is -3.92. The summed E-state index contributed by atoms with van der Waals surface area (Å²) < 4.78 is 44.3. The predicted octanol–water partition coefficient (Wildman–Crippen LogP) is 6.15. The Morgan fingerprint density at radius 1 is 0.957 bits per heavy atom. The van der Waals surface area contributed by atoms with Crippen LogP contribution in [-0.4, -0.2) is 71.6 Å². The normalized spacial score (nSPS) is 27.6. The summed E-state index contributed by atoms with van der Waals surface area (Å²) in [5.74, 6) is -0.568. The Morgan fingerprint density at radius 2 is 1.66 bits per heavy atom. The number of nitrogens with zero attached hydrogens (tertiary/aromatic N) is 3. The summed E-state index contributed by atoms with van der Waals surface area (Å²) in [6, 6.07) is 10.9. The molecular weight excluding hydrogens is 615 g/mol. The summed E-state index contributed by atoms with van der Waals surface area (Å²) in [7, 11) is -1.79. The van der Waals surface area contributed by atoms with E-state index < -0.39 is 26.1 Å². The molecule has 10 heteroatoms. The van der Waals surface area contributed by atoms with Crippen LogP contribution in [0.1, 0.15) is 105 Å². The second kappa shape index (κ2) is 10.6. The Labute approximate surface area is 276 Å². The zero-order valence-electron chi connectivity index (χ0n) is 27.8. The van der Waals surface area contributed by atoms with E-state index >= 15 is 4.39 Å². The highest BCUT2D eigenvalue weighted by molar-refractivity contribution is 7.91. The van der Waals surface area contributed by atoms with Gasteiger partial charge in [0.05, 0.1) is 15.9 Å². The number of hydrogen-bond donors (Lipinski definition) is 1. The standard InChI is InChI=1S/C37H45FN4O4S/c1-36(2,3)47(45,46)39-34(43)23-10-14-28-31(16-23)41-21-37(35(44)42-25-12-13-26(42)20-40(4)19-25)18-30(37)29-17-24(38)11-15-27(29)33(41)32(28)22-8-6-5-7-9-22/h10-11,14-17,22,25-26,30H,5-9,12-13,18-21H2,1-4H3,(H,39,43)/t25?,26?,30-,37-/m0/s1. The number of sulfonamides is 1. The number of piperazine rings is 1. The number of carbonyl (C=O) groups is 2. The number of carbonyl (C=O) groups excluding carboxylic acids is 2. The largest absolute Gasteiger partial charge is 0.339 e. The molecule has 2 bridgehead atoms. The monoisotopic (exact) mass is 660 g/mol. The number of fused-ring (bicyclic) bond motifs is 9. The third kappa shape index (κ3) is 4.79. The minimum absolute atomic E-state index is 0.0858. The molecule has 2 unspecified atom stereocenters. The first-order valence-electron chi connectivity index (χ1n) is 17.3. The van der Waals surface area contributed by atoms with Gasteiger partial charge < -0.3 is 14.4 Å². The van der Waals surface area contributed by atoms with E-state index in [0.717, 1.165) is 79.3 Å². The van der Waals surface area contributed by atoms with Crippen molar-refractivity contribution in [3.8, 4) is 11.3 Å². The molecule has 5 aliphatic rings. The zero-order chi connectivity index (χ0) is 33.0. The molecule has 0 spiro atoms. The molecule has 3 aliphatic heterocycles. The third-order valence-corrected chi connectivity index (χ3v) is 14.0. The van der Waals surface area contributed by atoms with E-state index in [1.807, 2.05) is 18.2 Å². The Kier molecular flexibility index (Phi) is 7.02. The van der Waals surface area contributed by atoms with Gasteiger partial charge >= 0.3 is 0 Å². The summed E-state index contributed by atoms with van der Waals surface area (Å²) in [6.07, 6.45) is 8.24. The van der Waals surface area contributed by atoms with Gasteiger partial charge in [0.2, 0.25) is 15.9 Å². The van der Waals surface area contributed by atoms with E-state index in [1.165, 1.54) is 18.1 Å². The summed E-state index contributed by atoms with van der Waals surface area (Å²) in [6.45, 7) is 6.86. The Morgan fingerprint density at radius 3 is 2.34 bits per heavy atom. The van der Waals surface area contributed by atoms with Crippen molar-refractivity contribution in [3.63, 3.8) is 0 Å². The predicted molar refractivity (Wildman–Crippen MR) is 180 cm³/mol. The molecule has 4 fully saturated rings. The van der Waals surface area contributed by atoms with Crippen LogP contribution >= 0.6 is 0 Å². The van der Waals surface area contributed by atoms with Crippen molar-refractivity contribution in [2.24, 2.45) is 5.41 Å². The lowest BCUT2D eigenvalue weighted by atomic mass is 9.81. The summed E-state index contributed by atoms with van der Waals surface area (Å²) >= 11 is 0. The topological polar surface area (TPSA) is 91.7 Å². The first-order valence-corrected chi connectivity index (χ1v) is 18.8. The molecule has 2 saturated carbocycles. The first-order chi connectivity index (χ1) is 22.3. The molecule has 1 aromatic heterocycles. The molecule has 3 aromatic rings. The van der Waals surface area contributed by atoms with Gasteiger partial charge in [0.15, 0.2) is 0 Å². The lowest BCUT2D eigenvalue weighted by Gasteiger charge is -2.41. The van der Waals surface area contributed by atoms with Crippen molar-refractivity contribution in [3.05, 3.63) is 58.9 Å². The van der Waals surface area contributed by atoms with Gasteiger partial charge in [-0.15, -0.1) is 0 Å². The van der Waals surface area contributed by atoms with Crippen molar-refractivity contribution in [1.82, 2.24) is 19.1 Å². The number of nitrogens with one attached hydrogen (secondary N) is 1. The van der Waals surface area contributed by atoms with E-state index in [9.17, 15) is 18.0 Å². The molecule has 2 amide bonds. The van der Waals surface area contributed by atoms with Gasteiger partial charge in [0, 0.05) is 59.7 Å². The van der Waals surface area contributed by atoms with Crippen molar-refractivity contribution >= 4 is 32.7 Å². The van der Waals surface area contributed by atoms with Gasteiger partial charge in [-0.1, -0.05) is 25.3 Å². The molecule has 0 radical (unpaired) electrons. The molecular formula is C37H45FN4O4S. The average Bonchev–Trinajstić information content (AvgIpc) is 3.60. The summed E-state index contributed by atoms with van der Waals surface area (Å²) in [5.41, 5.74) is 4.52. The molecule has 2 saturated heterocycles. The quantitative estimate of drug-likeness (QED) is 0.363. The van der Waals surface area contributed by atoms with Gasteiger partial charge in [0.1, 0.15) is 5.82 Å². The molecule has 4 atom stereocenters. The van der Waals surface area contributed by atoms with E-state index in [4.69, 9.17) is 0 Å². The number of aromatic nitrogens is 1. The van der Waals surface area contributed by atoms with Crippen molar-refractivity contribution in [2.45, 2.75) is 107 Å². The van der Waals surface area contributed by atoms with E-state index in [-0.39, 0.29) is 35.3 Å². The fourth-order valence-electron chi connectivity index (χ4n) is 9.32. The second-order valence-electron chi connectivity index (χ2n) is 15.9. The molecule has 1 N–H and O–H groups in total. The Balaban J connectivity index is 1.31. The van der Waals surface area contributed by atoms with Crippen LogP contribution in [0, 0.1) is 11.2 Å². The van der Waals surface area contributed by atoms with Crippen LogP contribution in [0.25, 0.3) is 22.2 Å². The summed E-state index contributed by atoms with van der Waals surface area (Å²) in [5, 5.41) is 1.03. The molecule has 2 aromatic carbocycles. The van der Waals surface area contributed by atoms with Gasteiger partial charge in [-0.05, 0) is 107 Å². The first kappa shape index (κ1) is 31.1. The number of hydrogen-bond acceptors (Lipinski definition) is 5. The number of likely N-dealkylation sites (N-methyl/N-ethyl adjacent to an activating group) is 1. The lowest BCUT2D eigenvalue weighted by molar-refractivity contribution is -0.143. The highest BCUT2D eigenvalue weighted by atomic mass is 32.2. The van der Waals surface area contributed by atoms with E-state index in [2.05, 4.69) is 26.1 Å². The maximum absolute atomic E-state index is 15.1. The SMILES string of the molecule is CN1CC2CCC(C1)N2C(=O)[C@]12C[C@H]1c1cc(F)ccc1-c1c(C3CCCCC3)c3ccc(C(=O)NS(=O)(=O)C(C)(C)C)cc3n1C2. The van der Waals surface area contributed by atoms with Crippen LogP contribution < -0.4 is 4.72 Å². The van der Waals surface area contributed by atoms with Crippen molar-refractivity contribution in [1.29, 1.82) is 0 Å². The lowest BCUT2D eigenvalue weighted by Crippen LogP contribution is -2.57.